The molecule has 1 amide bonds. The molecule has 0 spiro atoms. The van der Waals surface area contributed by atoms with Gasteiger partial charge in [-0.3, -0.25) is 14.9 Å². The number of aliphatic hydroxyl groups is 1. The Balaban J connectivity index is 0.00000450. The smallest absolute Gasteiger partial charge is 0.744 e. The zero-order chi connectivity index (χ0) is 21.8. The van der Waals surface area contributed by atoms with Crippen LogP contribution in [0.4, 0.5) is 17.1 Å². The van der Waals surface area contributed by atoms with E-state index in [1.54, 1.807) is 30.3 Å². The number of nitrogens with zero attached hydrogens (tertiary/aromatic N) is 3. The summed E-state index contributed by atoms with van der Waals surface area (Å²) >= 11 is 0. The van der Waals surface area contributed by atoms with Crippen molar-refractivity contribution in [1.82, 2.24) is 0 Å². The average molecular weight is 496 g/mol. The second kappa shape index (κ2) is 11.9. The fraction of sp³-hybridized carbons (Fsp3) is 0.0625. The fourth-order valence-corrected chi connectivity index (χ4v) is 2.66. The van der Waals surface area contributed by atoms with Gasteiger partial charge in [-0.15, -0.1) is 10.2 Å². The average Bonchev–Trinajstić information content (AvgIpc) is 2.62. The van der Waals surface area contributed by atoms with Crippen LogP contribution >= 0.6 is 0 Å². The van der Waals surface area contributed by atoms with Crippen molar-refractivity contribution in [3.05, 3.63) is 64.0 Å². The molecule has 0 aliphatic carbocycles. The summed E-state index contributed by atoms with van der Waals surface area (Å²) in [4.78, 5) is 20.9. The van der Waals surface area contributed by atoms with Crippen molar-refractivity contribution in [3.8, 4) is 5.75 Å². The van der Waals surface area contributed by atoms with E-state index in [0.29, 0.717) is 17.8 Å². The van der Waals surface area contributed by atoms with E-state index in [9.17, 15) is 38.1 Å². The Morgan fingerprint density at radius 1 is 1.19 bits per heavy atom. The number of phenols is 1. The van der Waals surface area contributed by atoms with E-state index in [-0.39, 0.29) is 46.9 Å². The molecule has 31 heavy (non-hydrogen) atoms. The van der Waals surface area contributed by atoms with Crippen molar-refractivity contribution in [2.75, 3.05) is 5.32 Å². The largest absolute Gasteiger partial charge is 1.00 e. The summed E-state index contributed by atoms with van der Waals surface area (Å²) in [6.07, 6.45) is 0. The normalized spacial score (nSPS) is 11.7. The molecule has 2 aromatic rings. The minimum absolute atomic E-state index is 0. The zero-order valence-electron chi connectivity index (χ0n) is 16.0. The summed E-state index contributed by atoms with van der Waals surface area (Å²) < 4.78 is 33.6. The molecule has 0 radical (unpaired) electrons. The first-order valence-electron chi connectivity index (χ1n) is 7.66. The number of nitro benzene ring substituents is 1. The second-order valence-electron chi connectivity index (χ2n) is 5.48. The van der Waals surface area contributed by atoms with Gasteiger partial charge in [0.25, 0.3) is 11.6 Å². The SMILES string of the molecule is C/C(O)=C(\N=Nc1cc([N+](=O)[O-])cc(S(=O)(=O)[O-])c1O)C(=O)Nc1ccccc1.[Cr].[Na+]. The molecular formula is C16H13CrN4NaO8S. The van der Waals surface area contributed by atoms with Gasteiger partial charge in [-0.05, 0) is 19.1 Å². The summed E-state index contributed by atoms with van der Waals surface area (Å²) in [5.41, 5.74) is -1.87. The van der Waals surface area contributed by atoms with Crippen LogP contribution in [0.25, 0.3) is 0 Å². The van der Waals surface area contributed by atoms with Gasteiger partial charge >= 0.3 is 29.6 Å². The van der Waals surface area contributed by atoms with E-state index >= 15 is 0 Å². The first-order valence-corrected chi connectivity index (χ1v) is 9.07. The molecule has 0 saturated heterocycles. The summed E-state index contributed by atoms with van der Waals surface area (Å²) in [5.74, 6) is -2.67. The molecule has 15 heteroatoms. The molecule has 12 nitrogen and oxygen atoms in total. The maximum atomic E-state index is 12.3. The number of nitrogens with one attached hydrogen (secondary N) is 1. The van der Waals surface area contributed by atoms with E-state index in [0.717, 1.165) is 6.92 Å². The number of hydrogen-bond donors (Lipinski definition) is 3. The Labute approximate surface area is 209 Å². The third kappa shape index (κ3) is 7.71. The van der Waals surface area contributed by atoms with Crippen molar-refractivity contribution in [2.24, 2.45) is 10.2 Å². The van der Waals surface area contributed by atoms with Crippen molar-refractivity contribution in [1.29, 1.82) is 0 Å². The number of para-hydroxylation sites is 1. The number of carbonyl (C=O) groups excluding carboxylic acids is 1. The standard InChI is InChI=1S/C16H14N4O8S.Cr.Na/c1-9(21)14(16(23)17-10-5-3-2-4-6-10)19-18-12-7-11(20(24)25)8-13(15(12)22)29(26,27)28;;/h2-8,21-22H,1H3,(H,17,23)(H,26,27,28);;/q;;+1/p-1/b14-9+,19-18?;;. The molecule has 2 aromatic carbocycles. The zero-order valence-corrected chi connectivity index (χ0v) is 20.1. The van der Waals surface area contributed by atoms with Gasteiger partial charge < -0.3 is 20.1 Å². The van der Waals surface area contributed by atoms with E-state index in [4.69, 9.17) is 0 Å². The summed E-state index contributed by atoms with van der Waals surface area (Å²) in [6.45, 7) is 1.11. The van der Waals surface area contributed by atoms with Crippen molar-refractivity contribution in [3.63, 3.8) is 0 Å². The number of non-ortho nitro benzene ring substituents is 1. The molecule has 0 aliphatic rings. The number of aromatic hydroxyl groups is 1. The van der Waals surface area contributed by atoms with E-state index < -0.39 is 54.4 Å². The van der Waals surface area contributed by atoms with E-state index in [1.165, 1.54) is 0 Å². The first-order chi connectivity index (χ1) is 13.5. The van der Waals surface area contributed by atoms with Crippen molar-refractivity contribution < 1.29 is 79.8 Å². The van der Waals surface area contributed by atoms with Crippen LogP contribution < -0.4 is 34.9 Å². The quantitative estimate of drug-likeness (QED) is 0.0923. The second-order valence-corrected chi connectivity index (χ2v) is 6.83. The number of anilines is 1. The third-order valence-electron chi connectivity index (χ3n) is 3.37. The molecule has 0 atom stereocenters. The maximum Gasteiger partial charge on any atom is 1.00 e. The van der Waals surface area contributed by atoms with Crippen LogP contribution in [0.15, 0.2) is 69.0 Å². The van der Waals surface area contributed by atoms with Crippen LogP contribution in [0.1, 0.15) is 6.92 Å². The topological polar surface area (TPSA) is 195 Å². The van der Waals surface area contributed by atoms with Gasteiger partial charge in [0.15, 0.2) is 11.4 Å². The fourth-order valence-electron chi connectivity index (χ4n) is 2.05. The van der Waals surface area contributed by atoms with Gasteiger partial charge in [-0.1, -0.05) is 18.2 Å². The van der Waals surface area contributed by atoms with Gasteiger partial charge in [-0.2, -0.15) is 0 Å². The van der Waals surface area contributed by atoms with E-state index in [1.807, 2.05) is 0 Å². The number of amides is 1. The number of aliphatic hydroxyl groups excluding tert-OH is 1. The van der Waals surface area contributed by atoms with E-state index in [2.05, 4.69) is 15.5 Å². The third-order valence-corrected chi connectivity index (χ3v) is 4.22. The maximum absolute atomic E-state index is 12.3. The monoisotopic (exact) mass is 496 g/mol. The van der Waals surface area contributed by atoms with Gasteiger partial charge in [-0.25, -0.2) is 8.42 Å². The molecule has 0 saturated carbocycles. The van der Waals surface area contributed by atoms with Crippen LogP contribution in [0.5, 0.6) is 5.75 Å². The van der Waals surface area contributed by atoms with Crippen LogP contribution in [0.2, 0.25) is 0 Å². The minimum atomic E-state index is -5.27. The Hall–Kier alpha value is -2.31. The molecule has 0 unspecified atom stereocenters. The van der Waals surface area contributed by atoms with Crippen LogP contribution in [0, 0.1) is 10.1 Å². The first kappa shape index (κ1) is 28.7. The minimum Gasteiger partial charge on any atom is -0.744 e. The number of carbonyl (C=O) groups is 1. The predicted octanol–water partition coefficient (Wildman–Crippen LogP) is -0.282. The number of azo groups is 1. The molecule has 0 heterocycles. The van der Waals surface area contributed by atoms with Gasteiger partial charge in [0.05, 0.1) is 4.92 Å². The number of allylic oxidation sites excluding steroid dienone is 1. The van der Waals surface area contributed by atoms with Gasteiger partial charge in [0.1, 0.15) is 26.5 Å². The van der Waals surface area contributed by atoms with Crippen LogP contribution in [-0.4, -0.2) is 34.0 Å². The molecule has 0 bridgehead atoms. The summed E-state index contributed by atoms with van der Waals surface area (Å²) in [5, 5.41) is 39.8. The molecule has 3 N–H and O–H groups in total. The van der Waals surface area contributed by atoms with Crippen LogP contribution in [-0.2, 0) is 32.3 Å². The van der Waals surface area contributed by atoms with Gasteiger partial charge in [0.2, 0.25) is 0 Å². The molecule has 2 rings (SSSR count). The Kier molecular flexibility index (Phi) is 11.0. The van der Waals surface area contributed by atoms with Gasteiger partial charge in [0, 0.05) is 35.2 Å². The molecular weight excluding hydrogens is 483 g/mol. The molecule has 0 aliphatic heterocycles. The molecule has 158 valence electrons. The predicted molar refractivity (Wildman–Crippen MR) is 97.6 cm³/mol. The summed E-state index contributed by atoms with van der Waals surface area (Å²) in [6, 6.07) is 9.10. The number of benzene rings is 2. The van der Waals surface area contributed by atoms with Crippen LogP contribution in [0.3, 0.4) is 0 Å². The number of phenolic OH excluding ortho intramolecular Hbond substituents is 1. The van der Waals surface area contributed by atoms with Crippen molar-refractivity contribution in [2.45, 2.75) is 11.8 Å². The number of hydrogen-bond acceptors (Lipinski definition) is 10. The summed E-state index contributed by atoms with van der Waals surface area (Å²) in [7, 11) is -5.27. The Morgan fingerprint density at radius 3 is 2.26 bits per heavy atom. The Morgan fingerprint density at radius 2 is 1.77 bits per heavy atom. The molecule has 0 fully saturated rings. The number of rotatable bonds is 6. The molecule has 0 aromatic heterocycles. The van der Waals surface area contributed by atoms with Crippen molar-refractivity contribution >= 4 is 33.1 Å². The Bertz CT molecular complexity index is 1140. The number of nitro groups is 1.